The summed E-state index contributed by atoms with van der Waals surface area (Å²) in [6.45, 7) is 5.70. The highest BCUT2D eigenvalue weighted by Crippen LogP contribution is 2.16. The van der Waals surface area contributed by atoms with Crippen molar-refractivity contribution in [3.63, 3.8) is 0 Å². The lowest BCUT2D eigenvalue weighted by Crippen LogP contribution is -2.49. The zero-order valence-electron chi connectivity index (χ0n) is 14.6. The van der Waals surface area contributed by atoms with Crippen LogP contribution >= 0.6 is 12.4 Å². The van der Waals surface area contributed by atoms with Crippen molar-refractivity contribution in [2.45, 2.75) is 19.0 Å². The van der Waals surface area contributed by atoms with E-state index in [2.05, 4.69) is 15.2 Å². The molecule has 2 aliphatic heterocycles. The van der Waals surface area contributed by atoms with Gasteiger partial charge in [0.25, 0.3) is 5.56 Å². The highest BCUT2D eigenvalue weighted by molar-refractivity contribution is 5.85. The molecule has 2 aliphatic rings. The quantitative estimate of drug-likeness (QED) is 0.834. The molecule has 1 atom stereocenters. The van der Waals surface area contributed by atoms with Gasteiger partial charge in [0.15, 0.2) is 0 Å². The van der Waals surface area contributed by atoms with Gasteiger partial charge >= 0.3 is 0 Å². The first-order valence-electron chi connectivity index (χ1n) is 8.89. The van der Waals surface area contributed by atoms with Gasteiger partial charge < -0.3 is 10.2 Å². The van der Waals surface area contributed by atoms with Gasteiger partial charge in [0.05, 0.1) is 17.2 Å². The van der Waals surface area contributed by atoms with E-state index in [-0.39, 0.29) is 30.4 Å². The largest absolute Gasteiger partial charge is 0.340 e. The summed E-state index contributed by atoms with van der Waals surface area (Å²) >= 11 is 0. The Morgan fingerprint density at radius 2 is 1.96 bits per heavy atom. The Balaban J connectivity index is 0.00000196. The van der Waals surface area contributed by atoms with Crippen molar-refractivity contribution >= 4 is 29.2 Å². The van der Waals surface area contributed by atoms with E-state index in [4.69, 9.17) is 0 Å². The van der Waals surface area contributed by atoms with Crippen LogP contribution in [0.4, 0.5) is 0 Å². The number of benzene rings is 1. The summed E-state index contributed by atoms with van der Waals surface area (Å²) in [6.07, 6.45) is 2.49. The van der Waals surface area contributed by atoms with Gasteiger partial charge in [-0.25, -0.2) is 4.98 Å². The van der Waals surface area contributed by atoms with E-state index in [0.29, 0.717) is 16.9 Å². The Morgan fingerprint density at radius 1 is 1.19 bits per heavy atom. The molecule has 2 saturated heterocycles. The molecule has 140 valence electrons. The number of nitrogens with zero attached hydrogens (tertiary/aromatic N) is 4. The maximum atomic E-state index is 12.6. The van der Waals surface area contributed by atoms with Crippen LogP contribution in [0.1, 0.15) is 6.42 Å². The Bertz CT molecular complexity index is 834. The van der Waals surface area contributed by atoms with E-state index >= 15 is 0 Å². The number of piperazine rings is 1. The molecule has 2 aromatic rings. The molecular formula is C18H24ClN5O2. The van der Waals surface area contributed by atoms with Crippen molar-refractivity contribution in [1.82, 2.24) is 24.7 Å². The van der Waals surface area contributed by atoms with Crippen molar-refractivity contribution in [3.8, 4) is 0 Å². The first-order valence-corrected chi connectivity index (χ1v) is 8.89. The van der Waals surface area contributed by atoms with Gasteiger partial charge in [0.2, 0.25) is 5.91 Å². The summed E-state index contributed by atoms with van der Waals surface area (Å²) in [6, 6.07) is 7.67. The number of amides is 1. The number of hydrogen-bond acceptors (Lipinski definition) is 5. The molecule has 1 aromatic heterocycles. The molecule has 0 saturated carbocycles. The molecule has 1 unspecified atom stereocenters. The van der Waals surface area contributed by atoms with Crippen LogP contribution in [-0.4, -0.2) is 70.6 Å². The average Bonchev–Trinajstić information content (AvgIpc) is 3.15. The van der Waals surface area contributed by atoms with Gasteiger partial charge in [0.1, 0.15) is 6.54 Å². The number of fused-ring (bicyclic) bond motifs is 1. The molecule has 2 fully saturated rings. The van der Waals surface area contributed by atoms with E-state index in [0.717, 1.165) is 45.7 Å². The highest BCUT2D eigenvalue weighted by atomic mass is 35.5. The SMILES string of the molecule is Cl.O=C(Cn1cnc2ccccc2c1=O)N1CCC(N2CCNCC2)C1. The molecule has 1 aromatic carbocycles. The molecule has 3 heterocycles. The van der Waals surface area contributed by atoms with Crippen molar-refractivity contribution in [3.05, 3.63) is 40.9 Å². The van der Waals surface area contributed by atoms with Crippen LogP contribution in [0.3, 0.4) is 0 Å². The van der Waals surface area contributed by atoms with Crippen LogP contribution in [0.15, 0.2) is 35.4 Å². The fourth-order valence-corrected chi connectivity index (χ4v) is 3.78. The third kappa shape index (κ3) is 3.75. The van der Waals surface area contributed by atoms with Crippen LogP contribution in [-0.2, 0) is 11.3 Å². The van der Waals surface area contributed by atoms with Crippen molar-refractivity contribution in [2.24, 2.45) is 0 Å². The normalized spacial score (nSPS) is 20.9. The monoisotopic (exact) mass is 377 g/mol. The van der Waals surface area contributed by atoms with Gasteiger partial charge in [0, 0.05) is 45.3 Å². The summed E-state index contributed by atoms with van der Waals surface area (Å²) in [7, 11) is 0. The van der Waals surface area contributed by atoms with Gasteiger partial charge in [-0.3, -0.25) is 19.1 Å². The molecule has 0 radical (unpaired) electrons. The summed E-state index contributed by atoms with van der Waals surface area (Å²) in [4.78, 5) is 33.8. The first kappa shape index (κ1) is 18.8. The minimum absolute atomic E-state index is 0. The molecule has 1 N–H and O–H groups in total. The van der Waals surface area contributed by atoms with E-state index in [9.17, 15) is 9.59 Å². The number of carbonyl (C=O) groups excluding carboxylic acids is 1. The van der Waals surface area contributed by atoms with Crippen molar-refractivity contribution < 1.29 is 4.79 Å². The smallest absolute Gasteiger partial charge is 0.261 e. The molecule has 0 spiro atoms. The third-order valence-electron chi connectivity index (χ3n) is 5.22. The van der Waals surface area contributed by atoms with Crippen LogP contribution in [0.25, 0.3) is 10.9 Å². The van der Waals surface area contributed by atoms with Gasteiger partial charge in [-0.05, 0) is 18.6 Å². The number of nitrogens with one attached hydrogen (secondary N) is 1. The van der Waals surface area contributed by atoms with E-state index in [1.165, 1.54) is 10.9 Å². The second kappa shape index (κ2) is 8.16. The number of para-hydroxylation sites is 1. The Labute approximate surface area is 158 Å². The fraction of sp³-hybridized carbons (Fsp3) is 0.500. The van der Waals surface area contributed by atoms with Gasteiger partial charge in [-0.2, -0.15) is 0 Å². The molecular weight excluding hydrogens is 354 g/mol. The Kier molecular flexibility index (Phi) is 5.90. The zero-order valence-corrected chi connectivity index (χ0v) is 15.5. The van der Waals surface area contributed by atoms with Gasteiger partial charge in [-0.15, -0.1) is 12.4 Å². The van der Waals surface area contributed by atoms with Crippen molar-refractivity contribution in [1.29, 1.82) is 0 Å². The number of rotatable bonds is 3. The summed E-state index contributed by atoms with van der Waals surface area (Å²) in [5.74, 6) is -0.00295. The second-order valence-electron chi connectivity index (χ2n) is 6.76. The predicted molar refractivity (Wildman–Crippen MR) is 103 cm³/mol. The summed E-state index contributed by atoms with van der Waals surface area (Å²) < 4.78 is 1.42. The average molecular weight is 378 g/mol. The number of carbonyl (C=O) groups is 1. The molecule has 8 heteroatoms. The molecule has 0 aliphatic carbocycles. The Hall–Kier alpha value is -1.96. The minimum Gasteiger partial charge on any atom is -0.340 e. The van der Waals surface area contributed by atoms with Crippen LogP contribution < -0.4 is 10.9 Å². The fourth-order valence-electron chi connectivity index (χ4n) is 3.78. The number of aromatic nitrogens is 2. The summed E-state index contributed by atoms with van der Waals surface area (Å²) in [5.41, 5.74) is 0.507. The topological polar surface area (TPSA) is 70.5 Å². The standard InChI is InChI=1S/C18H23N5O2.ClH/c24-17(22-8-5-14(11-22)21-9-6-19-7-10-21)12-23-13-20-16-4-2-1-3-15(16)18(23)25;/h1-4,13-14,19H,5-12H2;1H. The number of halogens is 1. The lowest BCUT2D eigenvalue weighted by molar-refractivity contribution is -0.131. The molecule has 4 rings (SSSR count). The zero-order chi connectivity index (χ0) is 17.2. The minimum atomic E-state index is -0.156. The molecule has 1 amide bonds. The van der Waals surface area contributed by atoms with E-state index in [1.54, 1.807) is 12.1 Å². The lowest BCUT2D eigenvalue weighted by Gasteiger charge is -2.32. The van der Waals surface area contributed by atoms with Crippen molar-refractivity contribution in [2.75, 3.05) is 39.3 Å². The lowest BCUT2D eigenvalue weighted by atomic mass is 10.2. The van der Waals surface area contributed by atoms with E-state index in [1.807, 2.05) is 17.0 Å². The van der Waals surface area contributed by atoms with Crippen LogP contribution in [0, 0.1) is 0 Å². The summed E-state index contributed by atoms with van der Waals surface area (Å²) in [5, 5.41) is 3.91. The third-order valence-corrected chi connectivity index (χ3v) is 5.22. The molecule has 26 heavy (non-hydrogen) atoms. The predicted octanol–water partition coefficient (Wildman–Crippen LogP) is 0.324. The molecule has 7 nitrogen and oxygen atoms in total. The maximum absolute atomic E-state index is 12.6. The Morgan fingerprint density at radius 3 is 2.77 bits per heavy atom. The molecule has 0 bridgehead atoms. The van der Waals surface area contributed by atoms with Crippen LogP contribution in [0.2, 0.25) is 0 Å². The number of hydrogen-bond donors (Lipinski definition) is 1. The maximum Gasteiger partial charge on any atom is 0.261 e. The second-order valence-corrected chi connectivity index (χ2v) is 6.76. The highest BCUT2D eigenvalue weighted by Gasteiger charge is 2.30. The van der Waals surface area contributed by atoms with E-state index < -0.39 is 0 Å². The first-order chi connectivity index (χ1) is 12.2. The van der Waals surface area contributed by atoms with Gasteiger partial charge in [-0.1, -0.05) is 12.1 Å². The number of likely N-dealkylation sites (tertiary alicyclic amines) is 1. The van der Waals surface area contributed by atoms with Crippen LogP contribution in [0.5, 0.6) is 0 Å².